The molecular weight excluding hydrogens is 214 g/mol. The predicted octanol–water partition coefficient (Wildman–Crippen LogP) is 2.69. The normalized spacial score (nSPS) is 11.2. The minimum atomic E-state index is 0.697. The molecule has 0 saturated heterocycles. The van der Waals surface area contributed by atoms with Crippen LogP contribution in [0.2, 0.25) is 0 Å². The van der Waals surface area contributed by atoms with Gasteiger partial charge >= 0.3 is 0 Å². The molecule has 0 aliphatic carbocycles. The van der Waals surface area contributed by atoms with E-state index < -0.39 is 0 Å². The van der Waals surface area contributed by atoms with Gasteiger partial charge in [-0.2, -0.15) is 0 Å². The third kappa shape index (κ3) is 1.71. The molecule has 1 aromatic carbocycles. The van der Waals surface area contributed by atoms with Crippen LogP contribution in [0.5, 0.6) is 0 Å². The van der Waals surface area contributed by atoms with E-state index in [9.17, 15) is 0 Å². The summed E-state index contributed by atoms with van der Waals surface area (Å²) >= 11 is 0. The number of benzene rings is 1. The highest BCUT2D eigenvalue weighted by Crippen LogP contribution is 2.18. The minimum absolute atomic E-state index is 0.697. The Morgan fingerprint density at radius 1 is 1.18 bits per heavy atom. The van der Waals surface area contributed by atoms with Crippen LogP contribution in [0.4, 0.5) is 0 Å². The Balaban J connectivity index is 2.06. The van der Waals surface area contributed by atoms with E-state index in [4.69, 9.17) is 4.63 Å². The Kier molecular flexibility index (Phi) is 2.21. The van der Waals surface area contributed by atoms with Crippen molar-refractivity contribution in [3.05, 3.63) is 47.4 Å². The van der Waals surface area contributed by atoms with Crippen molar-refractivity contribution in [3.63, 3.8) is 0 Å². The van der Waals surface area contributed by atoms with Crippen LogP contribution in [0.1, 0.15) is 17.0 Å². The Hall–Kier alpha value is -2.10. The smallest absolute Gasteiger partial charge is 0.127 e. The van der Waals surface area contributed by atoms with Gasteiger partial charge in [0.15, 0.2) is 0 Å². The molecule has 0 fully saturated rings. The fourth-order valence-corrected chi connectivity index (χ4v) is 1.99. The third-order valence-corrected chi connectivity index (χ3v) is 3.00. The molecule has 0 saturated carbocycles. The van der Waals surface area contributed by atoms with Crippen LogP contribution < -0.4 is 0 Å². The highest BCUT2D eigenvalue weighted by molar-refractivity contribution is 5.80. The minimum Gasteiger partial charge on any atom is -0.341 e. The topological polar surface area (TPSA) is 43.9 Å². The standard InChI is InChI=1S/C13H13N3O/c1-9-3-4-11-5-6-16(13(11)7-9)8-12-10(2)14-17-15-12/h3-7H,8H2,1-2H3. The fourth-order valence-electron chi connectivity index (χ4n) is 1.99. The number of hydrogen-bond acceptors (Lipinski definition) is 3. The van der Waals surface area contributed by atoms with Crippen LogP contribution in [0.15, 0.2) is 35.1 Å². The molecule has 0 unspecified atom stereocenters. The van der Waals surface area contributed by atoms with Gasteiger partial charge in [-0.05, 0) is 36.9 Å². The third-order valence-electron chi connectivity index (χ3n) is 3.00. The molecule has 86 valence electrons. The van der Waals surface area contributed by atoms with Crippen LogP contribution >= 0.6 is 0 Å². The van der Waals surface area contributed by atoms with Crippen LogP contribution in [0.3, 0.4) is 0 Å². The average molecular weight is 227 g/mol. The van der Waals surface area contributed by atoms with Crippen molar-refractivity contribution in [3.8, 4) is 0 Å². The largest absolute Gasteiger partial charge is 0.341 e. The first kappa shape index (κ1) is 10.1. The molecule has 0 aliphatic heterocycles. The van der Waals surface area contributed by atoms with E-state index in [1.165, 1.54) is 16.5 Å². The van der Waals surface area contributed by atoms with Crippen molar-refractivity contribution in [1.29, 1.82) is 0 Å². The molecule has 4 heteroatoms. The highest BCUT2D eigenvalue weighted by Gasteiger charge is 2.08. The molecule has 3 aromatic rings. The van der Waals surface area contributed by atoms with E-state index in [1.54, 1.807) is 0 Å². The monoisotopic (exact) mass is 227 g/mol. The molecular formula is C13H13N3O. The molecule has 2 aromatic heterocycles. The summed E-state index contributed by atoms with van der Waals surface area (Å²) in [7, 11) is 0. The lowest BCUT2D eigenvalue weighted by atomic mass is 10.2. The molecule has 17 heavy (non-hydrogen) atoms. The SMILES string of the molecule is Cc1ccc2ccn(Cc3nonc3C)c2c1. The first-order chi connectivity index (χ1) is 8.24. The van der Waals surface area contributed by atoms with E-state index in [-0.39, 0.29) is 0 Å². The second-order valence-electron chi connectivity index (χ2n) is 4.30. The van der Waals surface area contributed by atoms with Crippen molar-refractivity contribution in [2.24, 2.45) is 0 Å². The van der Waals surface area contributed by atoms with Crippen LogP contribution in [0, 0.1) is 13.8 Å². The highest BCUT2D eigenvalue weighted by atomic mass is 16.6. The van der Waals surface area contributed by atoms with Gasteiger partial charge in [-0.3, -0.25) is 0 Å². The molecule has 0 atom stereocenters. The number of hydrogen-bond donors (Lipinski definition) is 0. The zero-order valence-electron chi connectivity index (χ0n) is 9.84. The van der Waals surface area contributed by atoms with Gasteiger partial charge in [0.05, 0.1) is 6.54 Å². The molecule has 2 heterocycles. The lowest BCUT2D eigenvalue weighted by Gasteiger charge is -2.03. The van der Waals surface area contributed by atoms with E-state index >= 15 is 0 Å². The van der Waals surface area contributed by atoms with Gasteiger partial charge in [-0.25, -0.2) is 4.63 Å². The van der Waals surface area contributed by atoms with Crippen LogP contribution in [0.25, 0.3) is 10.9 Å². The summed E-state index contributed by atoms with van der Waals surface area (Å²) in [5.41, 5.74) is 4.20. The molecule has 0 spiro atoms. The second-order valence-corrected chi connectivity index (χ2v) is 4.30. The quantitative estimate of drug-likeness (QED) is 0.676. The summed E-state index contributed by atoms with van der Waals surface area (Å²) in [5, 5.41) is 8.95. The lowest BCUT2D eigenvalue weighted by molar-refractivity contribution is 0.300. The Bertz CT molecular complexity index is 666. The summed E-state index contributed by atoms with van der Waals surface area (Å²) < 4.78 is 6.88. The van der Waals surface area contributed by atoms with Crippen molar-refractivity contribution in [2.75, 3.05) is 0 Å². The second kappa shape index (κ2) is 3.73. The van der Waals surface area contributed by atoms with Gasteiger partial charge in [0, 0.05) is 11.7 Å². The Morgan fingerprint density at radius 3 is 2.82 bits per heavy atom. The van der Waals surface area contributed by atoms with Gasteiger partial charge in [0.2, 0.25) is 0 Å². The van der Waals surface area contributed by atoms with E-state index in [0.29, 0.717) is 6.54 Å². The van der Waals surface area contributed by atoms with Gasteiger partial charge < -0.3 is 4.57 Å². The zero-order chi connectivity index (χ0) is 11.8. The molecule has 0 radical (unpaired) electrons. The fraction of sp³-hybridized carbons (Fsp3) is 0.231. The van der Waals surface area contributed by atoms with Gasteiger partial charge in [0.25, 0.3) is 0 Å². The van der Waals surface area contributed by atoms with Gasteiger partial charge in [-0.1, -0.05) is 22.4 Å². The summed E-state index contributed by atoms with van der Waals surface area (Å²) in [6.07, 6.45) is 2.07. The Morgan fingerprint density at radius 2 is 2.06 bits per heavy atom. The molecule has 0 bridgehead atoms. The van der Waals surface area contributed by atoms with Crippen molar-refractivity contribution in [1.82, 2.24) is 14.9 Å². The number of nitrogens with zero attached hydrogens (tertiary/aromatic N) is 3. The average Bonchev–Trinajstić information content (AvgIpc) is 2.88. The van der Waals surface area contributed by atoms with Crippen molar-refractivity contribution >= 4 is 10.9 Å². The molecule has 3 rings (SSSR count). The summed E-state index contributed by atoms with van der Waals surface area (Å²) in [4.78, 5) is 0. The van der Waals surface area contributed by atoms with Gasteiger partial charge in [-0.15, -0.1) is 0 Å². The van der Waals surface area contributed by atoms with Crippen molar-refractivity contribution in [2.45, 2.75) is 20.4 Å². The van der Waals surface area contributed by atoms with Crippen LogP contribution in [-0.2, 0) is 6.54 Å². The maximum absolute atomic E-state index is 4.72. The predicted molar refractivity (Wildman–Crippen MR) is 64.8 cm³/mol. The Labute approximate surface area is 98.8 Å². The summed E-state index contributed by atoms with van der Waals surface area (Å²) in [6.45, 7) is 4.70. The first-order valence-electron chi connectivity index (χ1n) is 5.57. The number of aryl methyl sites for hydroxylation is 2. The summed E-state index contributed by atoms with van der Waals surface area (Å²) in [5.74, 6) is 0. The van der Waals surface area contributed by atoms with Crippen LogP contribution in [-0.4, -0.2) is 14.9 Å². The summed E-state index contributed by atoms with van der Waals surface area (Å²) in [6, 6.07) is 8.54. The van der Waals surface area contributed by atoms with E-state index in [0.717, 1.165) is 11.4 Å². The van der Waals surface area contributed by atoms with E-state index in [2.05, 4.69) is 52.3 Å². The first-order valence-corrected chi connectivity index (χ1v) is 5.57. The molecule has 0 amide bonds. The van der Waals surface area contributed by atoms with Gasteiger partial charge in [0.1, 0.15) is 11.4 Å². The molecule has 0 N–H and O–H groups in total. The number of fused-ring (bicyclic) bond motifs is 1. The maximum Gasteiger partial charge on any atom is 0.127 e. The lowest BCUT2D eigenvalue weighted by Crippen LogP contribution is -1.99. The molecule has 0 aliphatic rings. The van der Waals surface area contributed by atoms with E-state index in [1.807, 2.05) is 6.92 Å². The molecule has 4 nitrogen and oxygen atoms in total. The number of rotatable bonds is 2. The van der Waals surface area contributed by atoms with Crippen molar-refractivity contribution < 1.29 is 4.63 Å². The number of aromatic nitrogens is 3. The zero-order valence-corrected chi connectivity index (χ0v) is 9.84. The maximum atomic E-state index is 4.72.